The van der Waals surface area contributed by atoms with Crippen LogP contribution in [0.1, 0.15) is 62.5 Å². The number of rotatable bonds is 5. The van der Waals surface area contributed by atoms with Gasteiger partial charge in [0.25, 0.3) is 5.91 Å². The van der Waals surface area contributed by atoms with Crippen LogP contribution in [-0.2, 0) is 0 Å². The van der Waals surface area contributed by atoms with Crippen LogP contribution in [0.3, 0.4) is 0 Å². The van der Waals surface area contributed by atoms with Crippen LogP contribution in [0.25, 0.3) is 5.57 Å². The van der Waals surface area contributed by atoms with E-state index in [1.807, 2.05) is 50.8 Å². The second-order valence-electron chi connectivity index (χ2n) is 8.07. The highest BCUT2D eigenvalue weighted by atomic mass is 19.1. The van der Waals surface area contributed by atoms with Gasteiger partial charge in [0, 0.05) is 25.2 Å². The first kappa shape index (κ1) is 26.8. The van der Waals surface area contributed by atoms with Crippen molar-refractivity contribution in [2.75, 3.05) is 33.2 Å². The number of hydrogen-bond acceptors (Lipinski definition) is 2. The van der Waals surface area contributed by atoms with Crippen molar-refractivity contribution in [3.8, 4) is 0 Å². The molecule has 1 aliphatic rings. The quantitative estimate of drug-likeness (QED) is 0.506. The maximum Gasteiger partial charge on any atom is 0.253 e. The average Bonchev–Trinajstić information content (AvgIpc) is 2.92. The molecule has 172 valence electrons. The highest BCUT2D eigenvalue weighted by Gasteiger charge is 2.20. The lowest BCUT2D eigenvalue weighted by Gasteiger charge is -2.21. The molecule has 1 saturated heterocycles. The normalized spacial score (nSPS) is 18.3. The van der Waals surface area contributed by atoms with E-state index >= 15 is 0 Å². The van der Waals surface area contributed by atoms with Gasteiger partial charge >= 0.3 is 0 Å². The fourth-order valence-corrected chi connectivity index (χ4v) is 3.52. The molecule has 1 aromatic rings. The Labute approximate surface area is 187 Å². The number of alkyl halides is 1. The molecule has 1 unspecified atom stereocenters. The van der Waals surface area contributed by atoms with Crippen LogP contribution in [0.5, 0.6) is 0 Å². The number of carbonyl (C=O) groups excluding carboxylic acids is 1. The summed E-state index contributed by atoms with van der Waals surface area (Å²) in [5, 5.41) is 0. The molecule has 2 rings (SSSR count). The van der Waals surface area contributed by atoms with E-state index in [4.69, 9.17) is 0 Å². The molecule has 0 radical (unpaired) electrons. The van der Waals surface area contributed by atoms with Gasteiger partial charge in [0.2, 0.25) is 0 Å². The summed E-state index contributed by atoms with van der Waals surface area (Å²) in [6.45, 7) is 13.8. The van der Waals surface area contributed by atoms with E-state index in [1.54, 1.807) is 12.2 Å². The number of hydrogen-bond donors (Lipinski definition) is 0. The number of allylic oxidation sites excluding steroid dienone is 6. The number of benzene rings is 1. The minimum atomic E-state index is -1.84. The molecule has 1 aliphatic heterocycles. The largest absolute Gasteiger partial charge is 0.337 e. The molecule has 5 heteroatoms. The van der Waals surface area contributed by atoms with Gasteiger partial charge in [-0.05, 0) is 88.7 Å². The van der Waals surface area contributed by atoms with Gasteiger partial charge in [0.15, 0.2) is 0 Å². The van der Waals surface area contributed by atoms with E-state index in [-0.39, 0.29) is 5.91 Å². The topological polar surface area (TPSA) is 23.6 Å². The van der Waals surface area contributed by atoms with Crippen molar-refractivity contribution < 1.29 is 13.6 Å². The maximum atomic E-state index is 14.2. The lowest BCUT2D eigenvalue weighted by molar-refractivity contribution is 0.0763. The Bertz CT molecular complexity index is 821. The highest BCUT2D eigenvalue weighted by Crippen LogP contribution is 2.23. The summed E-state index contributed by atoms with van der Waals surface area (Å²) in [6.07, 6.45) is 6.61. The zero-order chi connectivity index (χ0) is 23.6. The first-order valence-corrected chi connectivity index (χ1v) is 11.1. The van der Waals surface area contributed by atoms with Crippen LogP contribution in [0.15, 0.2) is 48.3 Å². The van der Waals surface area contributed by atoms with Gasteiger partial charge in [0.1, 0.15) is 5.67 Å². The molecule has 31 heavy (non-hydrogen) atoms. The molecule has 1 atom stereocenters. The average molecular weight is 433 g/mol. The smallest absolute Gasteiger partial charge is 0.253 e. The molecule has 1 heterocycles. The Morgan fingerprint density at radius 1 is 1.13 bits per heavy atom. The lowest BCUT2D eigenvalue weighted by Crippen LogP contribution is -2.34. The second kappa shape index (κ2) is 12.6. The first-order valence-electron chi connectivity index (χ1n) is 11.1. The zero-order valence-electron chi connectivity index (χ0n) is 20.1. The van der Waals surface area contributed by atoms with E-state index in [2.05, 4.69) is 11.9 Å². The monoisotopic (exact) mass is 432 g/mol. The third kappa shape index (κ3) is 8.78. The van der Waals surface area contributed by atoms with Crippen molar-refractivity contribution >= 4 is 11.5 Å². The van der Waals surface area contributed by atoms with Crippen molar-refractivity contribution in [2.45, 2.75) is 53.6 Å². The SMILES string of the molecule is C/C(F)=C\C(C)(F)/C=C\C=C(/C)c1cc(C(=O)N2CCCN(C)CC2)ccc1C.CC. The number of likely N-dealkylation sites (N-methyl/N-ethyl adjacent to an activating group) is 1. The fraction of sp³-hybridized carbons (Fsp3) is 0.500. The molecule has 0 N–H and O–H groups in total. The Morgan fingerprint density at radius 3 is 2.45 bits per heavy atom. The van der Waals surface area contributed by atoms with Crippen molar-refractivity contribution in [3.05, 3.63) is 65.0 Å². The molecular formula is C26H38F2N2O. The van der Waals surface area contributed by atoms with E-state index < -0.39 is 11.5 Å². The fourth-order valence-electron chi connectivity index (χ4n) is 3.52. The van der Waals surface area contributed by atoms with Crippen molar-refractivity contribution in [1.82, 2.24) is 9.80 Å². The Morgan fingerprint density at radius 2 is 1.81 bits per heavy atom. The maximum absolute atomic E-state index is 14.2. The molecule has 1 fully saturated rings. The molecule has 1 aromatic carbocycles. The van der Waals surface area contributed by atoms with Crippen molar-refractivity contribution in [1.29, 1.82) is 0 Å². The van der Waals surface area contributed by atoms with Gasteiger partial charge in [-0.3, -0.25) is 4.79 Å². The van der Waals surface area contributed by atoms with E-state index in [0.29, 0.717) is 5.56 Å². The van der Waals surface area contributed by atoms with Gasteiger partial charge in [-0.25, -0.2) is 8.78 Å². The van der Waals surface area contributed by atoms with E-state index in [9.17, 15) is 13.6 Å². The van der Waals surface area contributed by atoms with Gasteiger partial charge in [-0.2, -0.15) is 0 Å². The van der Waals surface area contributed by atoms with Gasteiger partial charge in [-0.15, -0.1) is 0 Å². The molecule has 0 aliphatic carbocycles. The molecular weight excluding hydrogens is 394 g/mol. The molecule has 0 spiro atoms. The third-order valence-electron chi connectivity index (χ3n) is 5.17. The Balaban J connectivity index is 0.00000233. The van der Waals surface area contributed by atoms with Crippen LogP contribution in [0, 0.1) is 6.92 Å². The predicted octanol–water partition coefficient (Wildman–Crippen LogP) is 6.36. The summed E-state index contributed by atoms with van der Waals surface area (Å²) in [7, 11) is 2.08. The molecule has 1 amide bonds. The van der Waals surface area contributed by atoms with E-state index in [0.717, 1.165) is 55.4 Å². The third-order valence-corrected chi connectivity index (χ3v) is 5.17. The summed E-state index contributed by atoms with van der Waals surface area (Å²) in [5.41, 5.74) is 1.73. The van der Waals surface area contributed by atoms with Crippen LogP contribution in [0.4, 0.5) is 8.78 Å². The number of amides is 1. The zero-order valence-corrected chi connectivity index (χ0v) is 20.1. The summed E-state index contributed by atoms with van der Waals surface area (Å²) in [4.78, 5) is 17.1. The lowest BCUT2D eigenvalue weighted by atomic mass is 9.97. The molecule has 0 bridgehead atoms. The van der Waals surface area contributed by atoms with Crippen molar-refractivity contribution in [2.24, 2.45) is 0 Å². The molecule has 0 aromatic heterocycles. The standard InChI is InChI=1S/C24H32F2N2O.C2H6/c1-18(8-6-11-24(4,26)17-20(3)25)22-16-21(10-9-19(22)2)23(29)28-13-7-12-27(5)14-15-28;1-2/h6,8-11,16-17H,7,12-15H2,1-5H3;1-2H3/b11-6-,18-8+,20-17+;. The number of halogens is 2. The minimum absolute atomic E-state index is 0.0461. The van der Waals surface area contributed by atoms with Crippen LogP contribution < -0.4 is 0 Å². The molecule has 0 saturated carbocycles. The second-order valence-corrected chi connectivity index (χ2v) is 8.07. The highest BCUT2D eigenvalue weighted by molar-refractivity contribution is 5.95. The van der Waals surface area contributed by atoms with E-state index in [1.165, 1.54) is 19.9 Å². The van der Waals surface area contributed by atoms with Crippen molar-refractivity contribution in [3.63, 3.8) is 0 Å². The van der Waals surface area contributed by atoms with Crippen LogP contribution in [0.2, 0.25) is 0 Å². The van der Waals surface area contributed by atoms with Crippen LogP contribution in [-0.4, -0.2) is 54.6 Å². The van der Waals surface area contributed by atoms with Gasteiger partial charge in [-0.1, -0.05) is 32.1 Å². The van der Waals surface area contributed by atoms with Gasteiger partial charge < -0.3 is 9.80 Å². The summed E-state index contributed by atoms with van der Waals surface area (Å²) >= 11 is 0. The Kier molecular flexibility index (Phi) is 10.8. The summed E-state index contributed by atoms with van der Waals surface area (Å²) in [5.74, 6) is -0.508. The summed E-state index contributed by atoms with van der Waals surface area (Å²) in [6, 6.07) is 5.72. The summed E-state index contributed by atoms with van der Waals surface area (Å²) < 4.78 is 27.2. The first-order chi connectivity index (χ1) is 14.6. The number of carbonyl (C=O) groups is 1. The number of aryl methyl sites for hydroxylation is 1. The predicted molar refractivity (Wildman–Crippen MR) is 128 cm³/mol. The minimum Gasteiger partial charge on any atom is -0.337 e. The van der Waals surface area contributed by atoms with Gasteiger partial charge in [0.05, 0.1) is 5.83 Å². The van der Waals surface area contributed by atoms with Crippen LogP contribution >= 0.6 is 0 Å². The number of nitrogens with zero attached hydrogens (tertiary/aromatic N) is 2. The Hall–Kier alpha value is -2.27. The molecule has 3 nitrogen and oxygen atoms in total.